The quantitative estimate of drug-likeness (QED) is 0.515. The third kappa shape index (κ3) is 7.42. The number of nitrogens with zero attached hydrogens (tertiary/aromatic N) is 5. The molecule has 0 radical (unpaired) electrons. The molecule has 210 valence electrons. The van der Waals surface area contributed by atoms with Gasteiger partial charge in [0.15, 0.2) is 6.10 Å². The van der Waals surface area contributed by atoms with E-state index in [1.54, 1.807) is 24.7 Å². The first-order valence-electron chi connectivity index (χ1n) is 13.2. The van der Waals surface area contributed by atoms with Crippen LogP contribution >= 0.6 is 0 Å². The van der Waals surface area contributed by atoms with E-state index in [0.717, 1.165) is 24.7 Å². The number of carbonyl (C=O) groups is 1. The lowest BCUT2D eigenvalue weighted by atomic mass is 9.81. The molecule has 2 aliphatic rings. The number of fused-ring (bicyclic) bond motifs is 1. The SMILES string of the molecule is Cc1nc(CC(=O)N[C@H]2CC[C@](F)(CCN3CCc4ccc(O[C@H](C)C(F)(F)F)nc4CC3)CC2)n(C)n1. The van der Waals surface area contributed by atoms with E-state index in [9.17, 15) is 18.0 Å². The average Bonchev–Trinajstić information content (AvgIpc) is 3.03. The Morgan fingerprint density at radius 3 is 2.58 bits per heavy atom. The van der Waals surface area contributed by atoms with E-state index >= 15 is 4.39 Å². The summed E-state index contributed by atoms with van der Waals surface area (Å²) >= 11 is 0. The topological polar surface area (TPSA) is 85.2 Å². The van der Waals surface area contributed by atoms with Gasteiger partial charge in [0.05, 0.1) is 6.42 Å². The molecule has 0 unspecified atom stereocenters. The van der Waals surface area contributed by atoms with Crippen molar-refractivity contribution < 1.29 is 27.1 Å². The van der Waals surface area contributed by atoms with Gasteiger partial charge in [-0.2, -0.15) is 18.3 Å². The Morgan fingerprint density at radius 1 is 1.21 bits per heavy atom. The number of alkyl halides is 4. The average molecular weight is 541 g/mol. The number of ether oxygens (including phenoxy) is 1. The first kappa shape index (κ1) is 28.3. The lowest BCUT2D eigenvalue weighted by Gasteiger charge is -2.35. The Bertz CT molecular complexity index is 1110. The van der Waals surface area contributed by atoms with Crippen molar-refractivity contribution in [3.05, 3.63) is 35.0 Å². The second-order valence-electron chi connectivity index (χ2n) is 10.5. The van der Waals surface area contributed by atoms with Crippen LogP contribution in [0.4, 0.5) is 17.6 Å². The Morgan fingerprint density at radius 2 is 1.92 bits per heavy atom. The second kappa shape index (κ2) is 11.5. The van der Waals surface area contributed by atoms with Crippen LogP contribution in [0.2, 0.25) is 0 Å². The van der Waals surface area contributed by atoms with Gasteiger partial charge in [0.25, 0.3) is 0 Å². The molecule has 0 saturated heterocycles. The van der Waals surface area contributed by atoms with Gasteiger partial charge in [-0.15, -0.1) is 0 Å². The van der Waals surface area contributed by atoms with Crippen LogP contribution in [0.25, 0.3) is 0 Å². The fraction of sp³-hybridized carbons (Fsp3) is 0.692. The van der Waals surface area contributed by atoms with Gasteiger partial charge in [0, 0.05) is 50.9 Å². The molecule has 1 amide bonds. The van der Waals surface area contributed by atoms with Crippen LogP contribution in [0.1, 0.15) is 61.9 Å². The summed E-state index contributed by atoms with van der Waals surface area (Å²) in [4.78, 5) is 23.2. The molecule has 0 aromatic carbocycles. The molecule has 2 aromatic rings. The predicted octanol–water partition coefficient (Wildman–Crippen LogP) is 3.65. The van der Waals surface area contributed by atoms with Gasteiger partial charge >= 0.3 is 6.18 Å². The van der Waals surface area contributed by atoms with Crippen molar-refractivity contribution in [1.29, 1.82) is 0 Å². The standard InChI is InChI=1S/C26H36F4N6O2/c1-17(26(28,29)30)38-24-5-4-19-8-13-36(14-9-21(19)33-24)15-12-25(27)10-6-20(7-11-25)32-23(37)16-22-31-18(2)34-35(22)3/h4-5,17,20H,6-16H2,1-3H3,(H,32,37)/t17-,20-,25+/m1/s1. The third-order valence-electron chi connectivity index (χ3n) is 7.56. The zero-order valence-corrected chi connectivity index (χ0v) is 22.2. The van der Waals surface area contributed by atoms with E-state index < -0.39 is 17.9 Å². The van der Waals surface area contributed by atoms with E-state index in [4.69, 9.17) is 4.74 Å². The molecule has 1 fully saturated rings. The van der Waals surface area contributed by atoms with Crippen molar-refractivity contribution in [3.63, 3.8) is 0 Å². The van der Waals surface area contributed by atoms with Gasteiger partial charge in [-0.1, -0.05) is 6.07 Å². The summed E-state index contributed by atoms with van der Waals surface area (Å²) in [6.07, 6.45) is -2.56. The normalized spacial score (nSPS) is 23.4. The van der Waals surface area contributed by atoms with Crippen molar-refractivity contribution in [3.8, 4) is 5.88 Å². The molecule has 2 aromatic heterocycles. The number of pyridine rings is 1. The molecule has 0 spiro atoms. The summed E-state index contributed by atoms with van der Waals surface area (Å²) in [5.74, 6) is 1.07. The molecule has 3 heterocycles. The van der Waals surface area contributed by atoms with Crippen molar-refractivity contribution in [2.24, 2.45) is 7.05 Å². The Balaban J connectivity index is 1.21. The first-order valence-corrected chi connectivity index (χ1v) is 13.2. The number of carbonyl (C=O) groups excluding carboxylic acids is 1. The molecule has 1 N–H and O–H groups in total. The summed E-state index contributed by atoms with van der Waals surface area (Å²) in [6.45, 7) is 4.74. The monoisotopic (exact) mass is 540 g/mol. The summed E-state index contributed by atoms with van der Waals surface area (Å²) in [5.41, 5.74) is 0.456. The summed E-state index contributed by atoms with van der Waals surface area (Å²) in [7, 11) is 1.75. The van der Waals surface area contributed by atoms with Crippen LogP contribution in [0.15, 0.2) is 12.1 Å². The van der Waals surface area contributed by atoms with Gasteiger partial charge in [-0.05, 0) is 57.9 Å². The lowest BCUT2D eigenvalue weighted by Crippen LogP contribution is -2.43. The van der Waals surface area contributed by atoms with Gasteiger partial charge in [0.2, 0.25) is 11.8 Å². The van der Waals surface area contributed by atoms with Crippen molar-refractivity contribution in [2.75, 3.05) is 19.6 Å². The highest BCUT2D eigenvalue weighted by atomic mass is 19.4. The van der Waals surface area contributed by atoms with Crippen molar-refractivity contribution in [1.82, 2.24) is 30.0 Å². The Kier molecular flexibility index (Phi) is 8.59. The smallest absolute Gasteiger partial charge is 0.425 e. The highest BCUT2D eigenvalue weighted by Gasteiger charge is 2.39. The maximum Gasteiger partial charge on any atom is 0.425 e. The molecule has 0 bridgehead atoms. The molecule has 4 rings (SSSR count). The third-order valence-corrected chi connectivity index (χ3v) is 7.56. The van der Waals surface area contributed by atoms with E-state index in [0.29, 0.717) is 69.7 Å². The molecule has 1 saturated carbocycles. The van der Waals surface area contributed by atoms with Crippen LogP contribution in [-0.2, 0) is 31.1 Å². The lowest BCUT2D eigenvalue weighted by molar-refractivity contribution is -0.190. The number of amides is 1. The fourth-order valence-electron chi connectivity index (χ4n) is 5.17. The highest BCUT2D eigenvalue weighted by Crippen LogP contribution is 2.35. The van der Waals surface area contributed by atoms with Crippen LogP contribution in [0, 0.1) is 6.92 Å². The summed E-state index contributed by atoms with van der Waals surface area (Å²) in [6, 6.07) is 3.22. The van der Waals surface area contributed by atoms with Gasteiger partial charge in [-0.25, -0.2) is 14.4 Å². The molecule has 38 heavy (non-hydrogen) atoms. The van der Waals surface area contributed by atoms with Gasteiger partial charge in [0.1, 0.15) is 17.3 Å². The minimum Gasteiger partial charge on any atom is -0.465 e. The van der Waals surface area contributed by atoms with Crippen LogP contribution in [0.5, 0.6) is 5.88 Å². The molecular weight excluding hydrogens is 504 g/mol. The molecule has 12 heteroatoms. The largest absolute Gasteiger partial charge is 0.465 e. The molecular formula is C26H36F4N6O2. The minimum absolute atomic E-state index is 0.0275. The number of halogens is 4. The summed E-state index contributed by atoms with van der Waals surface area (Å²) < 4.78 is 60.6. The maximum absolute atomic E-state index is 15.6. The zero-order chi connectivity index (χ0) is 27.5. The van der Waals surface area contributed by atoms with Crippen LogP contribution in [-0.4, -0.2) is 74.2 Å². The number of aromatic nitrogens is 4. The molecule has 1 atom stereocenters. The first-order chi connectivity index (χ1) is 17.9. The molecule has 8 nitrogen and oxygen atoms in total. The number of nitrogens with one attached hydrogen (secondary N) is 1. The van der Waals surface area contributed by atoms with Gasteiger partial charge < -0.3 is 15.0 Å². The number of hydrogen-bond donors (Lipinski definition) is 1. The Labute approximate surface area is 220 Å². The Hall–Kier alpha value is -2.76. The minimum atomic E-state index is -4.45. The highest BCUT2D eigenvalue weighted by molar-refractivity contribution is 5.78. The number of hydrogen-bond acceptors (Lipinski definition) is 6. The predicted molar refractivity (Wildman–Crippen MR) is 133 cm³/mol. The van der Waals surface area contributed by atoms with E-state index in [1.807, 2.05) is 0 Å². The maximum atomic E-state index is 15.6. The van der Waals surface area contributed by atoms with E-state index in [1.165, 1.54) is 6.07 Å². The van der Waals surface area contributed by atoms with Crippen LogP contribution in [0.3, 0.4) is 0 Å². The number of rotatable bonds is 8. The van der Waals surface area contributed by atoms with Crippen molar-refractivity contribution >= 4 is 5.91 Å². The van der Waals surface area contributed by atoms with E-state index in [-0.39, 0.29) is 24.2 Å². The zero-order valence-electron chi connectivity index (χ0n) is 22.2. The number of aryl methyl sites for hydroxylation is 2. The van der Waals surface area contributed by atoms with E-state index in [2.05, 4.69) is 25.3 Å². The summed E-state index contributed by atoms with van der Waals surface area (Å²) in [5, 5.41) is 7.17. The second-order valence-corrected chi connectivity index (χ2v) is 10.5. The molecule has 1 aliphatic heterocycles. The fourth-order valence-corrected chi connectivity index (χ4v) is 5.17. The molecule has 1 aliphatic carbocycles. The van der Waals surface area contributed by atoms with Crippen LogP contribution < -0.4 is 10.1 Å². The van der Waals surface area contributed by atoms with Gasteiger partial charge in [-0.3, -0.25) is 9.48 Å². The van der Waals surface area contributed by atoms with Crippen molar-refractivity contribution in [2.45, 2.75) is 89.2 Å².